The van der Waals surface area contributed by atoms with Gasteiger partial charge in [-0.3, -0.25) is 5.10 Å². The smallest absolute Gasteiger partial charge is 0.335 e. The van der Waals surface area contributed by atoms with Crippen molar-refractivity contribution in [2.45, 2.75) is 0 Å². The number of carbonyl (C=O) groups is 1. The average molecular weight is 189 g/mol. The van der Waals surface area contributed by atoms with E-state index in [2.05, 4.69) is 25.5 Å². The summed E-state index contributed by atoms with van der Waals surface area (Å²) >= 11 is 0. The molecule has 14 heavy (non-hydrogen) atoms. The minimum absolute atomic E-state index is 0.0813. The second-order valence-electron chi connectivity index (χ2n) is 3.20. The van der Waals surface area contributed by atoms with Gasteiger partial charge in [-0.25, -0.2) is 9.79 Å². The van der Waals surface area contributed by atoms with Gasteiger partial charge in [-0.15, -0.1) is 0 Å². The van der Waals surface area contributed by atoms with E-state index in [-0.39, 0.29) is 11.9 Å². The summed E-state index contributed by atoms with van der Waals surface area (Å²) in [5.41, 5.74) is 1.58. The molecule has 1 aromatic rings. The molecule has 0 aliphatic carbocycles. The van der Waals surface area contributed by atoms with Crippen LogP contribution in [0.15, 0.2) is 16.2 Å². The first-order chi connectivity index (χ1) is 6.84. The van der Waals surface area contributed by atoms with Gasteiger partial charge < -0.3 is 5.32 Å². The predicted molar refractivity (Wildman–Crippen MR) is 50.2 cm³/mol. The predicted octanol–water partition coefficient (Wildman–Crippen LogP) is 0.254. The molecule has 1 unspecified atom stereocenters. The van der Waals surface area contributed by atoms with Gasteiger partial charge in [0.15, 0.2) is 5.82 Å². The summed E-state index contributed by atoms with van der Waals surface area (Å²) in [6, 6.07) is -0.293. The summed E-state index contributed by atoms with van der Waals surface area (Å²) in [5, 5.41) is 9.27. The van der Waals surface area contributed by atoms with Crippen LogP contribution in [0.5, 0.6) is 0 Å². The van der Waals surface area contributed by atoms with Crippen molar-refractivity contribution in [2.75, 3.05) is 6.54 Å². The Morgan fingerprint density at radius 2 is 2.43 bits per heavy atom. The van der Waals surface area contributed by atoms with E-state index in [1.807, 2.05) is 0 Å². The summed E-state index contributed by atoms with van der Waals surface area (Å²) < 4.78 is 0. The van der Waals surface area contributed by atoms with Crippen LogP contribution >= 0.6 is 0 Å². The number of rotatable bonds is 0. The van der Waals surface area contributed by atoms with Crippen molar-refractivity contribution in [3.05, 3.63) is 11.8 Å². The highest BCUT2D eigenvalue weighted by Crippen LogP contribution is 2.24. The quantitative estimate of drug-likeness (QED) is 0.613. The average Bonchev–Trinajstić information content (AvgIpc) is 2.65. The standard InChI is InChI=1S/C8H7N5O/c14-8-10-2-4-1-9-7-5(3-11-13-7)6(4)12-8/h1,3-4H,2H2,(H,10,14)(H,11,13). The number of hydrogen-bond donors (Lipinski definition) is 2. The summed E-state index contributed by atoms with van der Waals surface area (Å²) in [7, 11) is 0. The molecule has 0 fully saturated rings. The third-order valence-electron chi connectivity index (χ3n) is 2.33. The molecule has 6 heteroatoms. The highest BCUT2D eigenvalue weighted by molar-refractivity contribution is 6.18. The monoisotopic (exact) mass is 189 g/mol. The van der Waals surface area contributed by atoms with E-state index in [1.54, 1.807) is 12.4 Å². The van der Waals surface area contributed by atoms with Crippen LogP contribution in [-0.4, -0.2) is 34.7 Å². The Hall–Kier alpha value is -1.98. The molecule has 0 saturated heterocycles. The van der Waals surface area contributed by atoms with E-state index in [4.69, 9.17) is 0 Å². The molecular formula is C8H7N5O. The molecule has 1 aromatic heterocycles. The number of carbonyl (C=O) groups excluding carboxylic acids is 1. The molecule has 0 bridgehead atoms. The fraction of sp³-hybridized carbons (Fsp3) is 0.250. The molecule has 2 aliphatic heterocycles. The van der Waals surface area contributed by atoms with Gasteiger partial charge in [-0.1, -0.05) is 0 Å². The molecule has 1 atom stereocenters. The maximum Gasteiger partial charge on any atom is 0.341 e. The van der Waals surface area contributed by atoms with Crippen molar-refractivity contribution in [2.24, 2.45) is 15.9 Å². The Bertz CT molecular complexity index is 458. The number of aromatic nitrogens is 2. The molecule has 3 rings (SSSR count). The zero-order valence-corrected chi connectivity index (χ0v) is 7.19. The molecule has 6 nitrogen and oxygen atoms in total. The molecular weight excluding hydrogens is 182 g/mol. The van der Waals surface area contributed by atoms with E-state index < -0.39 is 0 Å². The fourth-order valence-electron chi connectivity index (χ4n) is 1.64. The first-order valence-corrected chi connectivity index (χ1v) is 4.29. The van der Waals surface area contributed by atoms with Crippen molar-refractivity contribution in [3.63, 3.8) is 0 Å². The van der Waals surface area contributed by atoms with Crippen molar-refractivity contribution >= 4 is 23.8 Å². The number of nitrogens with one attached hydrogen (secondary N) is 2. The number of hydrogen-bond acceptors (Lipinski definition) is 3. The van der Waals surface area contributed by atoms with Gasteiger partial charge >= 0.3 is 6.03 Å². The van der Waals surface area contributed by atoms with Crippen LogP contribution in [-0.2, 0) is 0 Å². The first kappa shape index (κ1) is 7.43. The van der Waals surface area contributed by atoms with Crippen LogP contribution in [0.4, 0.5) is 10.6 Å². The third-order valence-corrected chi connectivity index (χ3v) is 2.33. The Labute approximate surface area is 79.1 Å². The van der Waals surface area contributed by atoms with E-state index in [0.717, 1.165) is 11.3 Å². The zero-order valence-electron chi connectivity index (χ0n) is 7.19. The van der Waals surface area contributed by atoms with Gasteiger partial charge in [0, 0.05) is 12.8 Å². The van der Waals surface area contributed by atoms with Crippen LogP contribution in [0.1, 0.15) is 5.56 Å². The molecule has 0 spiro atoms. The van der Waals surface area contributed by atoms with Crippen LogP contribution in [0.25, 0.3) is 0 Å². The van der Waals surface area contributed by atoms with Gasteiger partial charge in [-0.05, 0) is 0 Å². The Morgan fingerprint density at radius 1 is 1.50 bits per heavy atom. The van der Waals surface area contributed by atoms with Crippen molar-refractivity contribution in [1.82, 2.24) is 15.5 Å². The number of amides is 2. The number of fused-ring (bicyclic) bond motifs is 3. The lowest BCUT2D eigenvalue weighted by Gasteiger charge is -2.21. The highest BCUT2D eigenvalue weighted by Gasteiger charge is 2.28. The summed E-state index contributed by atoms with van der Waals surface area (Å²) in [6.45, 7) is 0.561. The van der Waals surface area contributed by atoms with Crippen LogP contribution in [0.3, 0.4) is 0 Å². The van der Waals surface area contributed by atoms with E-state index in [0.29, 0.717) is 12.4 Å². The van der Waals surface area contributed by atoms with Gasteiger partial charge in [0.05, 0.1) is 23.4 Å². The van der Waals surface area contributed by atoms with E-state index >= 15 is 0 Å². The first-order valence-electron chi connectivity index (χ1n) is 4.29. The number of H-pyrrole nitrogens is 1. The van der Waals surface area contributed by atoms with Gasteiger partial charge in [0.2, 0.25) is 0 Å². The lowest BCUT2D eigenvalue weighted by molar-refractivity contribution is 0.248. The maximum atomic E-state index is 11.1. The molecule has 2 aliphatic rings. The number of aliphatic imine (C=N–C) groups is 2. The largest absolute Gasteiger partial charge is 0.341 e. The van der Waals surface area contributed by atoms with E-state index in [1.165, 1.54) is 0 Å². The molecule has 0 aromatic carbocycles. The second kappa shape index (κ2) is 2.50. The number of aromatic amines is 1. The normalized spacial score (nSPS) is 23.6. The van der Waals surface area contributed by atoms with Gasteiger partial charge in [0.1, 0.15) is 0 Å². The second-order valence-corrected chi connectivity index (χ2v) is 3.20. The van der Waals surface area contributed by atoms with Crippen LogP contribution < -0.4 is 5.32 Å². The fourth-order valence-corrected chi connectivity index (χ4v) is 1.64. The minimum atomic E-state index is -0.293. The van der Waals surface area contributed by atoms with Crippen LogP contribution in [0.2, 0.25) is 0 Å². The van der Waals surface area contributed by atoms with Crippen molar-refractivity contribution < 1.29 is 4.79 Å². The molecule has 2 amide bonds. The zero-order chi connectivity index (χ0) is 9.54. The van der Waals surface area contributed by atoms with E-state index in [9.17, 15) is 4.79 Å². The van der Waals surface area contributed by atoms with Crippen molar-refractivity contribution in [3.8, 4) is 0 Å². The molecule has 2 N–H and O–H groups in total. The molecule has 0 radical (unpaired) electrons. The summed E-state index contributed by atoms with van der Waals surface area (Å²) in [5.74, 6) is 0.757. The number of urea groups is 1. The highest BCUT2D eigenvalue weighted by atomic mass is 16.2. The Kier molecular flexibility index (Phi) is 1.33. The summed E-state index contributed by atoms with van der Waals surface area (Å²) in [4.78, 5) is 19.2. The number of nitrogens with zero attached hydrogens (tertiary/aromatic N) is 3. The third kappa shape index (κ3) is 0.905. The Balaban J connectivity index is 2.18. The molecule has 0 saturated carbocycles. The van der Waals surface area contributed by atoms with Crippen molar-refractivity contribution in [1.29, 1.82) is 0 Å². The summed E-state index contributed by atoms with van der Waals surface area (Å²) in [6.07, 6.45) is 3.43. The van der Waals surface area contributed by atoms with Crippen LogP contribution in [0, 0.1) is 5.92 Å². The van der Waals surface area contributed by atoms with Gasteiger partial charge in [-0.2, -0.15) is 10.1 Å². The minimum Gasteiger partial charge on any atom is -0.335 e. The van der Waals surface area contributed by atoms with Gasteiger partial charge in [0.25, 0.3) is 0 Å². The lowest BCUT2D eigenvalue weighted by atomic mass is 9.96. The topological polar surface area (TPSA) is 82.5 Å². The maximum absolute atomic E-state index is 11.1. The Morgan fingerprint density at radius 3 is 3.36 bits per heavy atom. The molecule has 70 valence electrons. The molecule has 3 heterocycles. The SMILES string of the molecule is O=C1N=C2c3cn[nH]c3N=CC2CN1. The lowest BCUT2D eigenvalue weighted by Crippen LogP contribution is -2.39.